The molecule has 1 aliphatic rings. The summed E-state index contributed by atoms with van der Waals surface area (Å²) in [6.45, 7) is 7.76. The standard InChI is InChI=1S/C17H28N4O3/c1-17(2,3)24-16(22)21-10-6-13(7-11-21)20(4)12-14-15(23-5)19-9-8-18-14/h8-9,13H,6-7,10-12H2,1-5H3. The predicted molar refractivity (Wildman–Crippen MR) is 90.9 cm³/mol. The Balaban J connectivity index is 1.86. The number of carbonyl (C=O) groups excluding carboxylic acids is 1. The number of methoxy groups -OCH3 is 1. The first-order chi connectivity index (χ1) is 11.3. The Morgan fingerprint density at radius 2 is 1.92 bits per heavy atom. The highest BCUT2D eigenvalue weighted by atomic mass is 16.6. The van der Waals surface area contributed by atoms with Crippen molar-refractivity contribution in [1.29, 1.82) is 0 Å². The molecule has 2 heterocycles. The summed E-state index contributed by atoms with van der Waals surface area (Å²) in [5.41, 5.74) is 0.379. The zero-order valence-electron chi connectivity index (χ0n) is 15.3. The molecule has 1 fully saturated rings. The summed E-state index contributed by atoms with van der Waals surface area (Å²) in [5.74, 6) is 0.565. The van der Waals surface area contributed by atoms with Crippen LogP contribution in [0.2, 0.25) is 0 Å². The summed E-state index contributed by atoms with van der Waals surface area (Å²) in [7, 11) is 3.68. The van der Waals surface area contributed by atoms with E-state index in [0.717, 1.165) is 18.5 Å². The van der Waals surface area contributed by atoms with Crippen molar-refractivity contribution in [2.75, 3.05) is 27.2 Å². The largest absolute Gasteiger partial charge is 0.480 e. The smallest absolute Gasteiger partial charge is 0.410 e. The van der Waals surface area contributed by atoms with Crippen molar-refractivity contribution in [3.05, 3.63) is 18.1 Å². The molecule has 0 aliphatic carbocycles. The fourth-order valence-corrected chi connectivity index (χ4v) is 2.81. The van der Waals surface area contributed by atoms with E-state index >= 15 is 0 Å². The second-order valence-electron chi connectivity index (χ2n) is 7.13. The van der Waals surface area contributed by atoms with E-state index in [2.05, 4.69) is 21.9 Å². The number of likely N-dealkylation sites (tertiary alicyclic amines) is 1. The summed E-state index contributed by atoms with van der Waals surface area (Å²) < 4.78 is 10.7. The number of aromatic nitrogens is 2. The van der Waals surface area contributed by atoms with Crippen LogP contribution in [-0.4, -0.2) is 64.8 Å². The minimum Gasteiger partial charge on any atom is -0.480 e. The molecule has 0 spiro atoms. The summed E-state index contributed by atoms with van der Waals surface area (Å²) in [5, 5.41) is 0. The maximum absolute atomic E-state index is 12.1. The van der Waals surface area contributed by atoms with E-state index in [1.54, 1.807) is 24.4 Å². The lowest BCUT2D eigenvalue weighted by Gasteiger charge is -2.37. The monoisotopic (exact) mass is 336 g/mol. The fourth-order valence-electron chi connectivity index (χ4n) is 2.81. The van der Waals surface area contributed by atoms with Gasteiger partial charge in [0, 0.05) is 38.1 Å². The van der Waals surface area contributed by atoms with Crippen molar-refractivity contribution < 1.29 is 14.3 Å². The molecule has 0 aromatic carbocycles. The Kier molecular flexibility index (Phi) is 5.99. The predicted octanol–water partition coefficient (Wildman–Crippen LogP) is 2.32. The van der Waals surface area contributed by atoms with Crippen LogP contribution in [-0.2, 0) is 11.3 Å². The van der Waals surface area contributed by atoms with Gasteiger partial charge < -0.3 is 14.4 Å². The Bertz CT molecular complexity index is 551. The lowest BCUT2D eigenvalue weighted by molar-refractivity contribution is 0.0152. The summed E-state index contributed by atoms with van der Waals surface area (Å²) in [6, 6.07) is 0.399. The average Bonchev–Trinajstić information content (AvgIpc) is 2.54. The number of hydrogen-bond donors (Lipinski definition) is 0. The number of hydrogen-bond acceptors (Lipinski definition) is 6. The molecule has 7 heteroatoms. The van der Waals surface area contributed by atoms with Gasteiger partial charge in [-0.05, 0) is 40.7 Å². The van der Waals surface area contributed by atoms with E-state index in [4.69, 9.17) is 9.47 Å². The summed E-state index contributed by atoms with van der Waals surface area (Å²) in [6.07, 6.45) is 4.91. The molecule has 7 nitrogen and oxygen atoms in total. The van der Waals surface area contributed by atoms with Gasteiger partial charge in [0.05, 0.1) is 7.11 Å². The van der Waals surface area contributed by atoms with Gasteiger partial charge >= 0.3 is 6.09 Å². The molecule has 1 aliphatic heterocycles. The van der Waals surface area contributed by atoms with Crippen molar-refractivity contribution >= 4 is 6.09 Å². The Morgan fingerprint density at radius 1 is 1.29 bits per heavy atom. The second-order valence-corrected chi connectivity index (χ2v) is 7.13. The van der Waals surface area contributed by atoms with E-state index in [1.807, 2.05) is 20.8 Å². The van der Waals surface area contributed by atoms with Crippen molar-refractivity contribution in [2.24, 2.45) is 0 Å². The summed E-state index contributed by atoms with van der Waals surface area (Å²) in [4.78, 5) is 24.7. The molecule has 1 aromatic rings. The van der Waals surface area contributed by atoms with Gasteiger partial charge in [0.25, 0.3) is 0 Å². The van der Waals surface area contributed by atoms with Gasteiger partial charge in [0.1, 0.15) is 11.3 Å². The third-order valence-corrected chi connectivity index (χ3v) is 4.07. The maximum atomic E-state index is 12.1. The minimum absolute atomic E-state index is 0.223. The zero-order valence-corrected chi connectivity index (χ0v) is 15.3. The molecule has 0 N–H and O–H groups in total. The Morgan fingerprint density at radius 3 is 2.50 bits per heavy atom. The van der Waals surface area contributed by atoms with Crippen LogP contribution in [0.1, 0.15) is 39.3 Å². The maximum Gasteiger partial charge on any atom is 0.410 e. The van der Waals surface area contributed by atoms with Crippen molar-refractivity contribution in [2.45, 2.75) is 51.8 Å². The molecule has 0 saturated carbocycles. The molecule has 1 aromatic heterocycles. The number of rotatable bonds is 4. The molecule has 0 radical (unpaired) electrons. The van der Waals surface area contributed by atoms with Crippen molar-refractivity contribution in [1.82, 2.24) is 19.8 Å². The fraction of sp³-hybridized carbons (Fsp3) is 0.706. The highest BCUT2D eigenvalue weighted by molar-refractivity contribution is 5.68. The van der Waals surface area contributed by atoms with Crippen LogP contribution < -0.4 is 4.74 Å². The van der Waals surface area contributed by atoms with Crippen LogP contribution >= 0.6 is 0 Å². The SMILES string of the molecule is COc1nccnc1CN(C)C1CCN(C(=O)OC(C)(C)C)CC1. The van der Waals surface area contributed by atoms with Gasteiger partial charge in [0.2, 0.25) is 5.88 Å². The quantitative estimate of drug-likeness (QED) is 0.840. The minimum atomic E-state index is -0.451. The molecular formula is C17H28N4O3. The van der Waals surface area contributed by atoms with Crippen LogP contribution in [0, 0.1) is 0 Å². The first-order valence-corrected chi connectivity index (χ1v) is 8.32. The lowest BCUT2D eigenvalue weighted by Crippen LogP contribution is -2.46. The van der Waals surface area contributed by atoms with Gasteiger partial charge in [0.15, 0.2) is 0 Å². The topological polar surface area (TPSA) is 67.8 Å². The molecular weight excluding hydrogens is 308 g/mol. The molecule has 0 atom stereocenters. The zero-order chi connectivity index (χ0) is 17.7. The molecule has 0 bridgehead atoms. The third kappa shape index (κ3) is 5.06. The number of nitrogens with zero attached hydrogens (tertiary/aromatic N) is 4. The first kappa shape index (κ1) is 18.4. The molecule has 2 rings (SSSR count). The van der Waals surface area contributed by atoms with Crippen LogP contribution in [0.25, 0.3) is 0 Å². The summed E-state index contributed by atoms with van der Waals surface area (Å²) >= 11 is 0. The van der Waals surface area contributed by atoms with E-state index in [0.29, 0.717) is 31.6 Å². The van der Waals surface area contributed by atoms with Gasteiger partial charge in [-0.2, -0.15) is 0 Å². The van der Waals surface area contributed by atoms with Crippen molar-refractivity contribution in [3.63, 3.8) is 0 Å². The Hall–Kier alpha value is -1.89. The molecule has 1 saturated heterocycles. The van der Waals surface area contributed by atoms with Gasteiger partial charge in [-0.25, -0.2) is 9.78 Å². The van der Waals surface area contributed by atoms with E-state index in [1.165, 1.54) is 0 Å². The van der Waals surface area contributed by atoms with Crippen molar-refractivity contribution in [3.8, 4) is 5.88 Å². The van der Waals surface area contributed by atoms with Crippen LogP contribution in [0.3, 0.4) is 0 Å². The van der Waals surface area contributed by atoms with Gasteiger partial charge in [-0.1, -0.05) is 0 Å². The number of carbonyl (C=O) groups is 1. The Labute approximate surface area is 144 Å². The molecule has 134 valence electrons. The van der Waals surface area contributed by atoms with Crippen LogP contribution in [0.15, 0.2) is 12.4 Å². The lowest BCUT2D eigenvalue weighted by atomic mass is 10.0. The number of amides is 1. The molecule has 1 amide bonds. The van der Waals surface area contributed by atoms with Gasteiger partial charge in [-0.3, -0.25) is 9.88 Å². The van der Waals surface area contributed by atoms with Crippen LogP contribution in [0.5, 0.6) is 5.88 Å². The van der Waals surface area contributed by atoms with E-state index < -0.39 is 5.60 Å². The van der Waals surface area contributed by atoms with Crippen LogP contribution in [0.4, 0.5) is 4.79 Å². The molecule has 0 unspecified atom stereocenters. The first-order valence-electron chi connectivity index (χ1n) is 8.32. The second kappa shape index (κ2) is 7.79. The average molecular weight is 336 g/mol. The van der Waals surface area contributed by atoms with E-state index in [-0.39, 0.29) is 6.09 Å². The highest BCUT2D eigenvalue weighted by Gasteiger charge is 2.28. The number of ether oxygens (including phenoxy) is 2. The molecule has 24 heavy (non-hydrogen) atoms. The number of piperidine rings is 1. The van der Waals surface area contributed by atoms with E-state index in [9.17, 15) is 4.79 Å². The normalized spacial score (nSPS) is 16.3. The third-order valence-electron chi connectivity index (χ3n) is 4.07. The van der Waals surface area contributed by atoms with Gasteiger partial charge in [-0.15, -0.1) is 0 Å². The highest BCUT2D eigenvalue weighted by Crippen LogP contribution is 2.21.